The third-order valence-corrected chi connectivity index (χ3v) is 3.79. The van der Waals surface area contributed by atoms with E-state index in [1.807, 2.05) is 60.7 Å². The van der Waals surface area contributed by atoms with Gasteiger partial charge in [-0.3, -0.25) is 9.36 Å². The summed E-state index contributed by atoms with van der Waals surface area (Å²) in [6.45, 7) is 0.658. The third-order valence-electron chi connectivity index (χ3n) is 3.79. The quantitative estimate of drug-likeness (QED) is 0.565. The molecule has 0 spiro atoms. The summed E-state index contributed by atoms with van der Waals surface area (Å²) >= 11 is 0. The van der Waals surface area contributed by atoms with Gasteiger partial charge in [-0.1, -0.05) is 12.1 Å². The Morgan fingerprint density at radius 1 is 1.12 bits per heavy atom. The fraction of sp³-hybridized carbons (Fsp3) is 0.118. The van der Waals surface area contributed by atoms with Crippen LogP contribution in [0.3, 0.4) is 0 Å². The summed E-state index contributed by atoms with van der Waals surface area (Å²) in [5.41, 5.74) is 9.63. The van der Waals surface area contributed by atoms with Gasteiger partial charge in [0.15, 0.2) is 0 Å². The molecule has 0 atom stereocenters. The fourth-order valence-corrected chi connectivity index (χ4v) is 2.66. The van der Waals surface area contributed by atoms with Gasteiger partial charge in [0.1, 0.15) is 5.82 Å². The number of aromatic nitrogens is 5. The summed E-state index contributed by atoms with van der Waals surface area (Å²) in [4.78, 5) is 4.42. The van der Waals surface area contributed by atoms with Crippen LogP contribution in [-0.2, 0) is 13.6 Å². The van der Waals surface area contributed by atoms with Gasteiger partial charge in [-0.05, 0) is 17.7 Å². The van der Waals surface area contributed by atoms with E-state index in [-0.39, 0.29) is 0 Å². The van der Waals surface area contributed by atoms with E-state index >= 15 is 0 Å². The molecule has 3 heterocycles. The first-order chi connectivity index (χ1) is 11.7. The molecule has 0 aliphatic heterocycles. The van der Waals surface area contributed by atoms with Crippen molar-refractivity contribution in [1.29, 1.82) is 0 Å². The van der Waals surface area contributed by atoms with Gasteiger partial charge in [0.05, 0.1) is 30.1 Å². The monoisotopic (exact) mass is 319 g/mol. The van der Waals surface area contributed by atoms with Gasteiger partial charge in [-0.2, -0.15) is 10.2 Å². The molecule has 0 unspecified atom stereocenters. The lowest BCUT2D eigenvalue weighted by Gasteiger charge is -2.07. The number of rotatable bonds is 4. The number of pyridine rings is 1. The molecule has 0 amide bonds. The predicted octanol–water partition coefficient (Wildman–Crippen LogP) is 2.54. The zero-order valence-corrected chi connectivity index (χ0v) is 13.2. The highest BCUT2D eigenvalue weighted by molar-refractivity contribution is 5.81. The molecule has 3 aromatic heterocycles. The standard InChI is InChI=1S/C17H17N7/c1-23-11-15(9-20-23)22-17-6-16-13(7-19-17)8-21-24(16)10-12-3-2-4-14(18)5-12/h2-9,11H,10,18H2,1H3,(H,19,22). The second-order valence-corrected chi connectivity index (χ2v) is 5.70. The van der Waals surface area contributed by atoms with E-state index in [1.54, 1.807) is 10.9 Å². The van der Waals surface area contributed by atoms with Crippen LogP contribution >= 0.6 is 0 Å². The van der Waals surface area contributed by atoms with E-state index in [1.165, 1.54) is 0 Å². The van der Waals surface area contributed by atoms with E-state index in [9.17, 15) is 0 Å². The average molecular weight is 319 g/mol. The average Bonchev–Trinajstić information content (AvgIpc) is 3.14. The number of benzene rings is 1. The van der Waals surface area contributed by atoms with Gasteiger partial charge < -0.3 is 11.1 Å². The van der Waals surface area contributed by atoms with E-state index in [0.29, 0.717) is 6.54 Å². The number of nitrogens with zero attached hydrogens (tertiary/aromatic N) is 5. The molecular weight excluding hydrogens is 302 g/mol. The first kappa shape index (κ1) is 14.3. The molecule has 7 nitrogen and oxygen atoms in total. The van der Waals surface area contributed by atoms with Crippen molar-refractivity contribution < 1.29 is 0 Å². The fourth-order valence-electron chi connectivity index (χ4n) is 2.66. The predicted molar refractivity (Wildman–Crippen MR) is 94.0 cm³/mol. The number of nitrogens with two attached hydrogens (primary N) is 1. The second-order valence-electron chi connectivity index (χ2n) is 5.70. The molecule has 120 valence electrons. The summed E-state index contributed by atoms with van der Waals surface area (Å²) in [5.74, 6) is 0.754. The second kappa shape index (κ2) is 5.69. The highest BCUT2D eigenvalue weighted by atomic mass is 15.3. The minimum absolute atomic E-state index is 0.658. The lowest BCUT2D eigenvalue weighted by Crippen LogP contribution is -2.02. The minimum Gasteiger partial charge on any atom is -0.399 e. The molecule has 0 saturated heterocycles. The van der Waals surface area contributed by atoms with Crippen LogP contribution in [0.1, 0.15) is 5.56 Å². The molecule has 0 aliphatic carbocycles. The molecule has 7 heteroatoms. The molecule has 4 rings (SSSR count). The first-order valence-corrected chi connectivity index (χ1v) is 7.59. The van der Waals surface area contributed by atoms with Crippen LogP contribution in [0.2, 0.25) is 0 Å². The van der Waals surface area contributed by atoms with Gasteiger partial charge in [0.2, 0.25) is 0 Å². The van der Waals surface area contributed by atoms with Gasteiger partial charge in [-0.15, -0.1) is 0 Å². The Morgan fingerprint density at radius 2 is 2.04 bits per heavy atom. The largest absolute Gasteiger partial charge is 0.399 e. The Morgan fingerprint density at radius 3 is 2.83 bits per heavy atom. The number of aryl methyl sites for hydroxylation is 1. The van der Waals surface area contributed by atoms with Crippen LogP contribution in [0.4, 0.5) is 17.2 Å². The lowest BCUT2D eigenvalue weighted by atomic mass is 10.2. The number of fused-ring (bicyclic) bond motifs is 1. The van der Waals surface area contributed by atoms with Crippen LogP contribution in [-0.4, -0.2) is 24.5 Å². The van der Waals surface area contributed by atoms with Crippen molar-refractivity contribution in [3.05, 3.63) is 60.7 Å². The zero-order valence-electron chi connectivity index (χ0n) is 13.2. The number of hydrogen-bond acceptors (Lipinski definition) is 5. The van der Waals surface area contributed by atoms with Gasteiger partial charge >= 0.3 is 0 Å². The van der Waals surface area contributed by atoms with Crippen LogP contribution in [0.15, 0.2) is 55.1 Å². The highest BCUT2D eigenvalue weighted by Crippen LogP contribution is 2.20. The molecule has 4 aromatic rings. The molecule has 3 N–H and O–H groups in total. The Balaban J connectivity index is 1.65. The van der Waals surface area contributed by atoms with Crippen LogP contribution < -0.4 is 11.1 Å². The number of nitrogens with one attached hydrogen (secondary N) is 1. The van der Waals surface area contributed by atoms with Crippen LogP contribution in [0.5, 0.6) is 0 Å². The van der Waals surface area contributed by atoms with E-state index in [2.05, 4.69) is 20.5 Å². The summed E-state index contributed by atoms with van der Waals surface area (Å²) < 4.78 is 3.69. The van der Waals surface area contributed by atoms with Crippen LogP contribution in [0.25, 0.3) is 10.9 Å². The summed E-state index contributed by atoms with van der Waals surface area (Å²) in [6, 6.07) is 9.82. The summed E-state index contributed by atoms with van der Waals surface area (Å²) in [5, 5.41) is 12.9. The van der Waals surface area contributed by atoms with Crippen molar-refractivity contribution in [3.8, 4) is 0 Å². The van der Waals surface area contributed by atoms with Gasteiger partial charge in [-0.25, -0.2) is 4.98 Å². The Bertz CT molecular complexity index is 999. The van der Waals surface area contributed by atoms with Crippen LogP contribution in [0, 0.1) is 0 Å². The van der Waals surface area contributed by atoms with Crippen molar-refractivity contribution in [1.82, 2.24) is 24.5 Å². The molecule has 0 aliphatic rings. The van der Waals surface area contributed by atoms with Gasteiger partial charge in [0.25, 0.3) is 0 Å². The maximum absolute atomic E-state index is 5.85. The summed E-state index contributed by atoms with van der Waals surface area (Å²) in [6.07, 6.45) is 7.30. The highest BCUT2D eigenvalue weighted by Gasteiger charge is 2.07. The number of nitrogen functional groups attached to an aromatic ring is 1. The Labute approximate surface area is 138 Å². The molecular formula is C17H17N7. The zero-order chi connectivity index (χ0) is 16.5. The van der Waals surface area contributed by atoms with E-state index in [4.69, 9.17) is 5.73 Å². The normalized spacial score (nSPS) is 11.0. The lowest BCUT2D eigenvalue weighted by molar-refractivity contribution is 0.712. The number of hydrogen-bond donors (Lipinski definition) is 2. The topological polar surface area (TPSA) is 86.6 Å². The third kappa shape index (κ3) is 2.79. The van der Waals surface area contributed by atoms with Crippen molar-refractivity contribution >= 4 is 28.1 Å². The molecule has 0 bridgehead atoms. The van der Waals surface area contributed by atoms with E-state index < -0.39 is 0 Å². The van der Waals surface area contributed by atoms with Gasteiger partial charge in [0, 0.05) is 36.6 Å². The van der Waals surface area contributed by atoms with Crippen molar-refractivity contribution in [3.63, 3.8) is 0 Å². The van der Waals surface area contributed by atoms with Crippen molar-refractivity contribution in [2.45, 2.75) is 6.54 Å². The molecule has 0 fully saturated rings. The maximum Gasteiger partial charge on any atom is 0.132 e. The Kier molecular flexibility index (Phi) is 3.38. The number of anilines is 3. The molecule has 1 aromatic carbocycles. The van der Waals surface area contributed by atoms with Crippen molar-refractivity contribution in [2.24, 2.45) is 7.05 Å². The maximum atomic E-state index is 5.85. The SMILES string of the molecule is Cn1cc(Nc2cc3c(cn2)cnn3Cc2cccc(N)c2)cn1. The smallest absolute Gasteiger partial charge is 0.132 e. The Hall–Kier alpha value is -3.35. The first-order valence-electron chi connectivity index (χ1n) is 7.59. The molecule has 0 saturated carbocycles. The minimum atomic E-state index is 0.658. The molecule has 0 radical (unpaired) electrons. The van der Waals surface area contributed by atoms with Crippen molar-refractivity contribution in [2.75, 3.05) is 11.1 Å². The van der Waals surface area contributed by atoms with E-state index in [0.717, 1.165) is 33.7 Å². The molecule has 24 heavy (non-hydrogen) atoms. The summed E-state index contributed by atoms with van der Waals surface area (Å²) in [7, 11) is 1.88.